The van der Waals surface area contributed by atoms with Crippen molar-refractivity contribution in [3.8, 4) is 17.1 Å². The maximum atomic E-state index is 12.0. The summed E-state index contributed by atoms with van der Waals surface area (Å²) in [6.45, 7) is -1.37. The fourth-order valence-corrected chi connectivity index (χ4v) is 1.61. The fraction of sp³-hybridized carbons (Fsp3) is 0.167. The second kappa shape index (κ2) is 4.94. The minimum absolute atomic E-state index is 0.00991. The normalized spacial score (nSPS) is 11.6. The molecule has 0 aliphatic rings. The number of hydrogen-bond donors (Lipinski definition) is 0. The van der Waals surface area contributed by atoms with Gasteiger partial charge in [0.2, 0.25) is 0 Å². The predicted molar refractivity (Wildman–Crippen MR) is 60.7 cm³/mol. The first kappa shape index (κ1) is 12.8. The summed E-state index contributed by atoms with van der Waals surface area (Å²) in [6, 6.07) is 7.88. The first-order chi connectivity index (χ1) is 8.46. The average molecular weight is 277 g/mol. The zero-order valence-electron chi connectivity index (χ0n) is 9.00. The van der Waals surface area contributed by atoms with Gasteiger partial charge in [0.25, 0.3) is 0 Å². The van der Waals surface area contributed by atoms with E-state index >= 15 is 0 Å². The van der Waals surface area contributed by atoms with Gasteiger partial charge in [-0.25, -0.2) is 0 Å². The Balaban J connectivity index is 2.16. The first-order valence-corrected chi connectivity index (χ1v) is 5.36. The third kappa shape index (κ3) is 3.20. The molecule has 18 heavy (non-hydrogen) atoms. The van der Waals surface area contributed by atoms with E-state index in [1.165, 1.54) is 18.4 Å². The summed E-state index contributed by atoms with van der Waals surface area (Å²) in [5.41, 5.74) is 0.671. The van der Waals surface area contributed by atoms with Crippen LogP contribution in [-0.4, -0.2) is 12.8 Å². The molecule has 0 radical (unpaired) electrons. The van der Waals surface area contributed by atoms with E-state index in [-0.39, 0.29) is 10.8 Å². The molecule has 1 heterocycles. The second-order valence-corrected chi connectivity index (χ2v) is 3.93. The highest BCUT2D eigenvalue weighted by molar-refractivity contribution is 6.32. The van der Waals surface area contributed by atoms with Gasteiger partial charge in [-0.2, -0.15) is 13.2 Å². The maximum Gasteiger partial charge on any atom is 0.422 e. The predicted octanol–water partition coefficient (Wildman–Crippen LogP) is 4.54. The van der Waals surface area contributed by atoms with Crippen LogP contribution in [0.4, 0.5) is 13.2 Å². The quantitative estimate of drug-likeness (QED) is 0.821. The Bertz CT molecular complexity index is 521. The second-order valence-electron chi connectivity index (χ2n) is 3.53. The average Bonchev–Trinajstić information content (AvgIpc) is 2.79. The molecule has 0 bridgehead atoms. The third-order valence-corrected chi connectivity index (χ3v) is 2.42. The van der Waals surface area contributed by atoms with Crippen LogP contribution >= 0.6 is 11.6 Å². The van der Waals surface area contributed by atoms with Crippen LogP contribution in [0.1, 0.15) is 0 Å². The van der Waals surface area contributed by atoms with Crippen molar-refractivity contribution in [1.82, 2.24) is 0 Å². The van der Waals surface area contributed by atoms with Gasteiger partial charge in [-0.15, -0.1) is 0 Å². The van der Waals surface area contributed by atoms with Crippen LogP contribution in [0.15, 0.2) is 41.0 Å². The number of benzene rings is 1. The lowest BCUT2D eigenvalue weighted by molar-refractivity contribution is -0.153. The molecule has 0 spiro atoms. The zero-order chi connectivity index (χ0) is 13.2. The molecule has 0 amide bonds. The number of furan rings is 1. The molecule has 2 aromatic rings. The molecular weight excluding hydrogens is 269 g/mol. The molecule has 1 aromatic heterocycles. The summed E-state index contributed by atoms with van der Waals surface area (Å²) in [7, 11) is 0. The molecular formula is C12H8ClF3O2. The molecule has 0 aliphatic heterocycles. The van der Waals surface area contributed by atoms with Crippen molar-refractivity contribution in [3.63, 3.8) is 0 Å². The highest BCUT2D eigenvalue weighted by Gasteiger charge is 2.28. The molecule has 0 atom stereocenters. The highest BCUT2D eigenvalue weighted by Crippen LogP contribution is 2.31. The maximum absolute atomic E-state index is 12.0. The minimum Gasteiger partial charge on any atom is -0.483 e. The van der Waals surface area contributed by atoms with Crippen LogP contribution in [0.25, 0.3) is 11.3 Å². The van der Waals surface area contributed by atoms with Crippen LogP contribution in [0.2, 0.25) is 5.02 Å². The van der Waals surface area contributed by atoms with Gasteiger partial charge < -0.3 is 9.15 Å². The molecule has 2 nitrogen and oxygen atoms in total. The smallest absolute Gasteiger partial charge is 0.422 e. The van der Waals surface area contributed by atoms with Crippen LogP contribution < -0.4 is 4.74 Å². The molecule has 6 heteroatoms. The lowest BCUT2D eigenvalue weighted by Gasteiger charge is -2.10. The molecule has 96 valence electrons. The van der Waals surface area contributed by atoms with Crippen molar-refractivity contribution in [2.75, 3.05) is 6.61 Å². The summed E-state index contributed by atoms with van der Waals surface area (Å²) in [5, 5.41) is 0.105. The van der Waals surface area contributed by atoms with Crippen molar-refractivity contribution in [2.24, 2.45) is 0 Å². The van der Waals surface area contributed by atoms with Crippen LogP contribution in [-0.2, 0) is 0 Å². The van der Waals surface area contributed by atoms with Gasteiger partial charge in [0.15, 0.2) is 6.61 Å². The van der Waals surface area contributed by atoms with E-state index in [0.717, 1.165) is 0 Å². The molecule has 0 unspecified atom stereocenters. The van der Waals surface area contributed by atoms with Gasteiger partial charge in [-0.3, -0.25) is 0 Å². The van der Waals surface area contributed by atoms with Gasteiger partial charge in [0.05, 0.1) is 11.3 Å². The Hall–Kier alpha value is -1.62. The molecule has 0 fully saturated rings. The Morgan fingerprint density at radius 1 is 1.22 bits per heavy atom. The van der Waals surface area contributed by atoms with Crippen molar-refractivity contribution in [3.05, 3.63) is 41.6 Å². The summed E-state index contributed by atoms with van der Waals surface area (Å²) < 4.78 is 45.7. The molecule has 1 aromatic carbocycles. The van der Waals surface area contributed by atoms with Crippen molar-refractivity contribution in [1.29, 1.82) is 0 Å². The number of alkyl halides is 3. The Labute approximate surface area is 106 Å². The highest BCUT2D eigenvalue weighted by atomic mass is 35.5. The number of hydrogen-bond acceptors (Lipinski definition) is 2. The molecule has 0 saturated carbocycles. The minimum atomic E-state index is -4.39. The standard InChI is InChI=1S/C12H8ClF3O2/c13-9-6-8(10-2-1-5-17-10)3-4-11(9)18-7-12(14,15)16/h1-6H,7H2. The van der Waals surface area contributed by atoms with E-state index < -0.39 is 12.8 Å². The summed E-state index contributed by atoms with van der Waals surface area (Å²) in [5.74, 6) is 0.573. The van der Waals surface area contributed by atoms with E-state index in [1.54, 1.807) is 18.2 Å². The SMILES string of the molecule is FC(F)(F)COc1ccc(-c2ccco2)cc1Cl. The molecule has 2 rings (SSSR count). The van der Waals surface area contributed by atoms with Gasteiger partial charge in [-0.05, 0) is 30.3 Å². The van der Waals surface area contributed by atoms with E-state index in [9.17, 15) is 13.2 Å². The fourth-order valence-electron chi connectivity index (χ4n) is 1.37. The Morgan fingerprint density at radius 2 is 2.00 bits per heavy atom. The zero-order valence-corrected chi connectivity index (χ0v) is 9.76. The topological polar surface area (TPSA) is 22.4 Å². The van der Waals surface area contributed by atoms with E-state index in [4.69, 9.17) is 16.0 Å². The van der Waals surface area contributed by atoms with Crippen molar-refractivity contribution in [2.45, 2.75) is 6.18 Å². The van der Waals surface area contributed by atoms with Gasteiger partial charge in [0, 0.05) is 5.56 Å². The largest absolute Gasteiger partial charge is 0.483 e. The lowest BCUT2D eigenvalue weighted by Crippen LogP contribution is -2.19. The number of halogens is 4. The summed E-state index contributed by atoms with van der Waals surface area (Å²) >= 11 is 5.84. The first-order valence-electron chi connectivity index (χ1n) is 4.99. The Kier molecular flexibility index (Phi) is 3.52. The van der Waals surface area contributed by atoms with E-state index in [1.807, 2.05) is 0 Å². The van der Waals surface area contributed by atoms with E-state index in [0.29, 0.717) is 11.3 Å². The van der Waals surface area contributed by atoms with Gasteiger partial charge in [0.1, 0.15) is 11.5 Å². The van der Waals surface area contributed by atoms with Crippen molar-refractivity contribution < 1.29 is 22.3 Å². The third-order valence-electron chi connectivity index (χ3n) is 2.13. The van der Waals surface area contributed by atoms with Crippen molar-refractivity contribution >= 4 is 11.6 Å². The monoisotopic (exact) mass is 276 g/mol. The molecule has 0 saturated heterocycles. The lowest BCUT2D eigenvalue weighted by atomic mass is 10.2. The van der Waals surface area contributed by atoms with Gasteiger partial charge in [-0.1, -0.05) is 11.6 Å². The Morgan fingerprint density at radius 3 is 2.56 bits per heavy atom. The van der Waals surface area contributed by atoms with Crippen LogP contribution in [0, 0.1) is 0 Å². The number of rotatable bonds is 3. The van der Waals surface area contributed by atoms with E-state index in [2.05, 4.69) is 4.74 Å². The summed E-state index contributed by atoms with van der Waals surface area (Å²) in [4.78, 5) is 0. The van der Waals surface area contributed by atoms with Crippen LogP contribution in [0.3, 0.4) is 0 Å². The molecule has 0 N–H and O–H groups in total. The van der Waals surface area contributed by atoms with Crippen LogP contribution in [0.5, 0.6) is 5.75 Å². The molecule has 0 aliphatic carbocycles. The summed E-state index contributed by atoms with van der Waals surface area (Å²) in [6.07, 6.45) is -2.89. The van der Waals surface area contributed by atoms with Gasteiger partial charge >= 0.3 is 6.18 Å². The number of ether oxygens (including phenoxy) is 1.